The molecular formula is C21H35IN6O. The molecule has 0 saturated carbocycles. The molecule has 1 aromatic heterocycles. The highest BCUT2D eigenvalue weighted by Gasteiger charge is 2.21. The summed E-state index contributed by atoms with van der Waals surface area (Å²) >= 11 is 0. The third kappa shape index (κ3) is 8.69. The van der Waals surface area contributed by atoms with Crippen molar-refractivity contribution in [3.05, 3.63) is 47.6 Å². The van der Waals surface area contributed by atoms with Gasteiger partial charge < -0.3 is 15.2 Å². The molecule has 0 amide bonds. The number of halogens is 1. The van der Waals surface area contributed by atoms with Gasteiger partial charge >= 0.3 is 0 Å². The van der Waals surface area contributed by atoms with Crippen LogP contribution in [-0.2, 0) is 18.5 Å². The van der Waals surface area contributed by atoms with Gasteiger partial charge in [0.2, 0.25) is 5.89 Å². The van der Waals surface area contributed by atoms with Crippen molar-refractivity contribution >= 4 is 29.9 Å². The highest BCUT2D eigenvalue weighted by atomic mass is 127. The number of aliphatic imine (C=N–C) groups is 1. The van der Waals surface area contributed by atoms with Crippen molar-refractivity contribution in [2.45, 2.75) is 58.7 Å². The minimum Gasteiger partial charge on any atom is -0.356 e. The van der Waals surface area contributed by atoms with Crippen molar-refractivity contribution < 1.29 is 4.52 Å². The Balaban J connectivity index is 0.00000420. The first kappa shape index (κ1) is 25.4. The van der Waals surface area contributed by atoms with Crippen molar-refractivity contribution in [2.24, 2.45) is 4.99 Å². The first-order chi connectivity index (χ1) is 13.3. The van der Waals surface area contributed by atoms with Crippen LogP contribution in [0.5, 0.6) is 0 Å². The number of hydrogen-bond acceptors (Lipinski definition) is 5. The zero-order chi connectivity index (χ0) is 20.6. The molecule has 0 bridgehead atoms. The standard InChI is InChI=1S/C21H34N6O.HI/c1-16(27(6)15-17-10-8-7-9-11-17)12-13-23-20(22-5)24-14-18-25-19(28-26-18)21(2,3)4;/h7-11,16H,12-15H2,1-6H3,(H2,22,23,24);1H. The molecule has 1 aromatic carbocycles. The number of aromatic nitrogens is 2. The number of guanidine groups is 1. The summed E-state index contributed by atoms with van der Waals surface area (Å²) in [5, 5.41) is 10.6. The molecule has 8 heteroatoms. The monoisotopic (exact) mass is 514 g/mol. The third-order valence-electron chi connectivity index (χ3n) is 4.63. The van der Waals surface area contributed by atoms with Gasteiger partial charge in [0, 0.05) is 31.6 Å². The van der Waals surface area contributed by atoms with E-state index in [1.54, 1.807) is 7.05 Å². The fourth-order valence-electron chi connectivity index (χ4n) is 2.66. The summed E-state index contributed by atoms with van der Waals surface area (Å²) in [6, 6.07) is 11.0. The number of hydrogen-bond donors (Lipinski definition) is 2. The first-order valence-electron chi connectivity index (χ1n) is 9.81. The average molecular weight is 514 g/mol. The molecule has 1 unspecified atom stereocenters. The molecule has 7 nitrogen and oxygen atoms in total. The van der Waals surface area contributed by atoms with Crippen molar-refractivity contribution in [1.82, 2.24) is 25.7 Å². The normalized spacial score (nSPS) is 13.1. The summed E-state index contributed by atoms with van der Waals surface area (Å²) in [6.07, 6.45) is 1.01. The summed E-state index contributed by atoms with van der Waals surface area (Å²) in [7, 11) is 3.92. The Morgan fingerprint density at radius 1 is 1.21 bits per heavy atom. The summed E-state index contributed by atoms with van der Waals surface area (Å²) < 4.78 is 5.32. The summed E-state index contributed by atoms with van der Waals surface area (Å²) in [5.41, 5.74) is 1.18. The van der Waals surface area contributed by atoms with Gasteiger partial charge in [-0.3, -0.25) is 9.89 Å². The van der Waals surface area contributed by atoms with Crippen molar-refractivity contribution in [3.8, 4) is 0 Å². The number of rotatable bonds is 8. The van der Waals surface area contributed by atoms with Crippen LogP contribution in [0.4, 0.5) is 0 Å². The van der Waals surface area contributed by atoms with E-state index in [4.69, 9.17) is 4.52 Å². The van der Waals surface area contributed by atoms with Gasteiger partial charge in [0.1, 0.15) is 0 Å². The van der Waals surface area contributed by atoms with Gasteiger partial charge in [-0.05, 0) is 26.0 Å². The molecule has 2 rings (SSSR count). The van der Waals surface area contributed by atoms with E-state index in [-0.39, 0.29) is 29.4 Å². The minimum atomic E-state index is -0.146. The predicted octanol–water partition coefficient (Wildman–Crippen LogP) is 3.56. The van der Waals surface area contributed by atoms with Gasteiger partial charge in [-0.25, -0.2) is 0 Å². The molecule has 162 valence electrons. The topological polar surface area (TPSA) is 78.6 Å². The van der Waals surface area contributed by atoms with Crippen molar-refractivity contribution in [3.63, 3.8) is 0 Å². The van der Waals surface area contributed by atoms with E-state index in [2.05, 4.69) is 68.9 Å². The molecule has 0 saturated heterocycles. The van der Waals surface area contributed by atoms with E-state index in [0.717, 1.165) is 25.5 Å². The zero-order valence-electron chi connectivity index (χ0n) is 18.4. The van der Waals surface area contributed by atoms with E-state index in [0.29, 0.717) is 24.3 Å². The highest BCUT2D eigenvalue weighted by Crippen LogP contribution is 2.19. The lowest BCUT2D eigenvalue weighted by Gasteiger charge is -2.25. The maximum atomic E-state index is 5.32. The van der Waals surface area contributed by atoms with Gasteiger partial charge in [-0.1, -0.05) is 56.3 Å². The van der Waals surface area contributed by atoms with E-state index in [1.807, 2.05) is 26.8 Å². The van der Waals surface area contributed by atoms with E-state index >= 15 is 0 Å². The Morgan fingerprint density at radius 2 is 1.90 bits per heavy atom. The van der Waals surface area contributed by atoms with Gasteiger partial charge in [0.25, 0.3) is 0 Å². The van der Waals surface area contributed by atoms with E-state index in [9.17, 15) is 0 Å². The molecule has 0 radical (unpaired) electrons. The summed E-state index contributed by atoms with van der Waals surface area (Å²) in [4.78, 5) is 11.1. The van der Waals surface area contributed by atoms with Gasteiger partial charge in [0.05, 0.1) is 6.54 Å². The van der Waals surface area contributed by atoms with E-state index in [1.165, 1.54) is 5.56 Å². The van der Waals surface area contributed by atoms with Crippen LogP contribution in [0.3, 0.4) is 0 Å². The fourth-order valence-corrected chi connectivity index (χ4v) is 2.66. The molecule has 2 aromatic rings. The predicted molar refractivity (Wildman–Crippen MR) is 129 cm³/mol. The maximum absolute atomic E-state index is 5.32. The quantitative estimate of drug-likeness (QED) is 0.319. The van der Waals surface area contributed by atoms with Gasteiger partial charge in [-0.2, -0.15) is 4.98 Å². The second-order valence-electron chi connectivity index (χ2n) is 8.16. The van der Waals surface area contributed by atoms with Crippen LogP contribution >= 0.6 is 24.0 Å². The van der Waals surface area contributed by atoms with Crippen LogP contribution < -0.4 is 10.6 Å². The summed E-state index contributed by atoms with van der Waals surface area (Å²) in [5.74, 6) is 2.01. The van der Waals surface area contributed by atoms with Crippen LogP contribution in [0.25, 0.3) is 0 Å². The molecule has 1 atom stereocenters. The molecule has 29 heavy (non-hydrogen) atoms. The smallest absolute Gasteiger partial charge is 0.232 e. The Kier molecular flexibility index (Phi) is 10.6. The van der Waals surface area contributed by atoms with Crippen LogP contribution in [-0.4, -0.2) is 47.7 Å². The Morgan fingerprint density at radius 3 is 2.48 bits per heavy atom. The summed E-state index contributed by atoms with van der Waals surface area (Å²) in [6.45, 7) is 10.6. The third-order valence-corrected chi connectivity index (χ3v) is 4.63. The molecule has 0 spiro atoms. The zero-order valence-corrected chi connectivity index (χ0v) is 20.7. The second kappa shape index (κ2) is 12.1. The first-order valence-corrected chi connectivity index (χ1v) is 9.81. The average Bonchev–Trinajstić information content (AvgIpc) is 3.14. The van der Waals surface area contributed by atoms with Gasteiger partial charge in [0.15, 0.2) is 11.8 Å². The number of nitrogens with one attached hydrogen (secondary N) is 2. The molecule has 0 aliphatic heterocycles. The highest BCUT2D eigenvalue weighted by molar-refractivity contribution is 14.0. The van der Waals surface area contributed by atoms with Crippen molar-refractivity contribution in [2.75, 3.05) is 20.6 Å². The van der Waals surface area contributed by atoms with Gasteiger partial charge in [-0.15, -0.1) is 24.0 Å². The second-order valence-corrected chi connectivity index (χ2v) is 8.16. The maximum Gasteiger partial charge on any atom is 0.232 e. The Hall–Kier alpha value is -1.68. The number of benzene rings is 1. The Bertz CT molecular complexity index is 741. The lowest BCUT2D eigenvalue weighted by Crippen LogP contribution is -2.39. The SMILES string of the molecule is CN=C(NCCC(C)N(C)Cc1ccccc1)NCc1noc(C(C)(C)C)n1.I. The van der Waals surface area contributed by atoms with Crippen LogP contribution in [0.15, 0.2) is 39.8 Å². The van der Waals surface area contributed by atoms with Crippen molar-refractivity contribution in [1.29, 1.82) is 0 Å². The van der Waals surface area contributed by atoms with E-state index < -0.39 is 0 Å². The molecule has 0 aliphatic carbocycles. The van der Waals surface area contributed by atoms with Crippen LogP contribution in [0.1, 0.15) is 51.4 Å². The lowest BCUT2D eigenvalue weighted by molar-refractivity contribution is 0.238. The number of nitrogens with zero attached hydrogens (tertiary/aromatic N) is 4. The largest absolute Gasteiger partial charge is 0.356 e. The molecule has 2 N–H and O–H groups in total. The lowest BCUT2D eigenvalue weighted by atomic mass is 9.97. The molecule has 0 fully saturated rings. The fraction of sp³-hybridized carbons (Fsp3) is 0.571. The van der Waals surface area contributed by atoms with Crippen LogP contribution in [0, 0.1) is 0 Å². The molecular weight excluding hydrogens is 479 g/mol. The minimum absolute atomic E-state index is 0. The Labute approximate surface area is 191 Å². The molecule has 1 heterocycles. The molecule has 0 aliphatic rings. The van der Waals surface area contributed by atoms with Crippen LogP contribution in [0.2, 0.25) is 0 Å².